The third-order valence-corrected chi connectivity index (χ3v) is 8.57. The van der Waals surface area contributed by atoms with E-state index in [-0.39, 0.29) is 0 Å². The van der Waals surface area contributed by atoms with Crippen molar-refractivity contribution >= 4 is 54.3 Å². The average molecular weight is 536 g/mol. The Balaban J connectivity index is 1.45. The standard InChI is InChI=1S/C39H25N3/c1-3-11-29(12-4-1)41-19-17-26-20-33-28(22-38(26)41)21-32(27-10-9-18-40-25-27)34-23-36-31-15-7-8-16-37(31)42(39(36)24-35(33)34)30-13-5-2-6-14-30/h1-25H. The number of fused-ring (bicyclic) bond motifs is 7. The van der Waals surface area contributed by atoms with Gasteiger partial charge in [0, 0.05) is 51.7 Å². The predicted molar refractivity (Wildman–Crippen MR) is 176 cm³/mol. The van der Waals surface area contributed by atoms with E-state index < -0.39 is 0 Å². The van der Waals surface area contributed by atoms with Gasteiger partial charge in [-0.05, 0) is 99.9 Å². The Morgan fingerprint density at radius 3 is 2.05 bits per heavy atom. The Hall–Kier alpha value is -5.67. The van der Waals surface area contributed by atoms with E-state index in [9.17, 15) is 0 Å². The molecular weight excluding hydrogens is 510 g/mol. The minimum atomic E-state index is 1.12. The van der Waals surface area contributed by atoms with E-state index >= 15 is 0 Å². The number of rotatable bonds is 3. The SMILES string of the molecule is c1ccc(-n2ccc3cc4c(cc(-c5cccnc5)c5cc6c7ccccc7n(-c7ccccc7)c6cc54)cc32)cc1. The molecule has 0 fully saturated rings. The molecule has 0 saturated carbocycles. The molecule has 0 bridgehead atoms. The molecule has 9 rings (SSSR count). The molecule has 3 heterocycles. The number of nitrogens with zero attached hydrogens (tertiary/aromatic N) is 3. The third kappa shape index (κ3) is 3.37. The molecule has 42 heavy (non-hydrogen) atoms. The Bertz CT molecular complexity index is 2430. The summed E-state index contributed by atoms with van der Waals surface area (Å²) in [6.07, 6.45) is 5.99. The van der Waals surface area contributed by atoms with Crippen molar-refractivity contribution in [2.45, 2.75) is 0 Å². The summed E-state index contributed by atoms with van der Waals surface area (Å²) in [6, 6.07) is 48.2. The van der Waals surface area contributed by atoms with Crippen LogP contribution < -0.4 is 0 Å². The number of benzene rings is 6. The summed E-state index contributed by atoms with van der Waals surface area (Å²) in [5.74, 6) is 0. The first-order valence-electron chi connectivity index (χ1n) is 14.3. The summed E-state index contributed by atoms with van der Waals surface area (Å²) in [5.41, 5.74) is 8.26. The van der Waals surface area contributed by atoms with Crippen LogP contribution in [0.25, 0.3) is 76.8 Å². The molecule has 3 heteroatoms. The predicted octanol–water partition coefficient (Wildman–Crippen LogP) is 10.1. The van der Waals surface area contributed by atoms with Crippen LogP contribution in [0.2, 0.25) is 0 Å². The first-order chi connectivity index (χ1) is 20.8. The maximum Gasteiger partial charge on any atom is 0.0547 e. The molecular formula is C39H25N3. The number of para-hydroxylation sites is 3. The molecule has 0 N–H and O–H groups in total. The smallest absolute Gasteiger partial charge is 0.0547 e. The van der Waals surface area contributed by atoms with Crippen LogP contribution in [-0.2, 0) is 0 Å². The Labute approximate surface area is 242 Å². The third-order valence-electron chi connectivity index (χ3n) is 8.57. The normalized spacial score (nSPS) is 11.8. The van der Waals surface area contributed by atoms with Gasteiger partial charge < -0.3 is 9.13 Å². The first-order valence-corrected chi connectivity index (χ1v) is 14.3. The molecule has 0 spiro atoms. The first kappa shape index (κ1) is 23.1. The van der Waals surface area contributed by atoms with Crippen molar-refractivity contribution < 1.29 is 0 Å². The lowest BCUT2D eigenvalue weighted by Gasteiger charge is -2.14. The Morgan fingerprint density at radius 1 is 0.452 bits per heavy atom. The van der Waals surface area contributed by atoms with Crippen LogP contribution in [0.3, 0.4) is 0 Å². The lowest BCUT2D eigenvalue weighted by molar-refractivity contribution is 1.13. The van der Waals surface area contributed by atoms with Crippen molar-refractivity contribution in [1.82, 2.24) is 14.1 Å². The number of hydrogen-bond acceptors (Lipinski definition) is 1. The van der Waals surface area contributed by atoms with Crippen LogP contribution in [0.4, 0.5) is 0 Å². The fourth-order valence-electron chi connectivity index (χ4n) is 6.68. The molecule has 0 aliphatic carbocycles. The maximum atomic E-state index is 4.49. The fourth-order valence-corrected chi connectivity index (χ4v) is 6.68. The molecule has 6 aromatic carbocycles. The minimum Gasteiger partial charge on any atom is -0.317 e. The zero-order valence-electron chi connectivity index (χ0n) is 22.8. The van der Waals surface area contributed by atoms with Crippen molar-refractivity contribution in [1.29, 1.82) is 0 Å². The van der Waals surface area contributed by atoms with E-state index in [0.717, 1.165) is 16.9 Å². The van der Waals surface area contributed by atoms with Crippen LogP contribution in [-0.4, -0.2) is 14.1 Å². The van der Waals surface area contributed by atoms with Gasteiger partial charge in [0.25, 0.3) is 0 Å². The molecule has 0 saturated heterocycles. The molecule has 0 unspecified atom stereocenters. The van der Waals surface area contributed by atoms with Crippen LogP contribution in [0.1, 0.15) is 0 Å². The number of aromatic nitrogens is 3. The minimum absolute atomic E-state index is 1.12. The van der Waals surface area contributed by atoms with E-state index in [0.29, 0.717) is 0 Å². The summed E-state index contributed by atoms with van der Waals surface area (Å²) in [7, 11) is 0. The molecule has 0 aliphatic heterocycles. The second-order valence-corrected chi connectivity index (χ2v) is 10.9. The largest absolute Gasteiger partial charge is 0.317 e. The van der Waals surface area contributed by atoms with Crippen LogP contribution >= 0.6 is 0 Å². The van der Waals surface area contributed by atoms with Crippen molar-refractivity contribution in [3.8, 4) is 22.5 Å². The number of pyridine rings is 1. The monoisotopic (exact) mass is 535 g/mol. The zero-order valence-corrected chi connectivity index (χ0v) is 22.8. The van der Waals surface area contributed by atoms with Gasteiger partial charge in [0.05, 0.1) is 16.6 Å². The van der Waals surface area contributed by atoms with Gasteiger partial charge in [0.15, 0.2) is 0 Å². The second kappa shape index (κ2) is 8.92. The highest BCUT2D eigenvalue weighted by molar-refractivity contribution is 6.22. The molecule has 0 aliphatic rings. The van der Waals surface area contributed by atoms with Gasteiger partial charge in [-0.25, -0.2) is 0 Å². The Morgan fingerprint density at radius 2 is 1.24 bits per heavy atom. The van der Waals surface area contributed by atoms with E-state index in [1.165, 1.54) is 59.8 Å². The van der Waals surface area contributed by atoms with E-state index in [1.807, 2.05) is 18.5 Å². The molecule has 3 nitrogen and oxygen atoms in total. The van der Waals surface area contributed by atoms with Gasteiger partial charge in [0.1, 0.15) is 0 Å². The molecule has 9 aromatic rings. The van der Waals surface area contributed by atoms with Crippen LogP contribution in [0.5, 0.6) is 0 Å². The summed E-state index contributed by atoms with van der Waals surface area (Å²) in [5, 5.41) is 8.68. The van der Waals surface area contributed by atoms with Gasteiger partial charge in [-0.2, -0.15) is 0 Å². The maximum absolute atomic E-state index is 4.49. The van der Waals surface area contributed by atoms with Crippen molar-refractivity contribution in [2.75, 3.05) is 0 Å². The van der Waals surface area contributed by atoms with Crippen LogP contribution in [0.15, 0.2) is 152 Å². The van der Waals surface area contributed by atoms with E-state index in [4.69, 9.17) is 0 Å². The van der Waals surface area contributed by atoms with Gasteiger partial charge in [-0.3, -0.25) is 4.98 Å². The second-order valence-electron chi connectivity index (χ2n) is 10.9. The summed E-state index contributed by atoms with van der Waals surface area (Å²) in [4.78, 5) is 4.49. The van der Waals surface area contributed by atoms with Crippen molar-refractivity contribution in [3.05, 3.63) is 152 Å². The highest BCUT2D eigenvalue weighted by Gasteiger charge is 2.17. The van der Waals surface area contributed by atoms with Crippen molar-refractivity contribution in [2.24, 2.45) is 0 Å². The van der Waals surface area contributed by atoms with Gasteiger partial charge in [-0.15, -0.1) is 0 Å². The van der Waals surface area contributed by atoms with E-state index in [2.05, 4.69) is 148 Å². The highest BCUT2D eigenvalue weighted by atomic mass is 15.0. The fraction of sp³-hybridized carbons (Fsp3) is 0. The van der Waals surface area contributed by atoms with Gasteiger partial charge in [-0.1, -0.05) is 60.7 Å². The topological polar surface area (TPSA) is 22.8 Å². The van der Waals surface area contributed by atoms with Gasteiger partial charge >= 0.3 is 0 Å². The van der Waals surface area contributed by atoms with E-state index in [1.54, 1.807) is 0 Å². The molecule has 0 atom stereocenters. The molecule has 196 valence electrons. The number of hydrogen-bond donors (Lipinski definition) is 0. The zero-order chi connectivity index (χ0) is 27.6. The van der Waals surface area contributed by atoms with Crippen LogP contribution in [0, 0.1) is 0 Å². The average Bonchev–Trinajstić information content (AvgIpc) is 3.62. The summed E-state index contributed by atoms with van der Waals surface area (Å²) < 4.78 is 4.68. The molecule has 0 amide bonds. The van der Waals surface area contributed by atoms with Gasteiger partial charge in [0.2, 0.25) is 0 Å². The summed E-state index contributed by atoms with van der Waals surface area (Å²) >= 11 is 0. The van der Waals surface area contributed by atoms with Crippen molar-refractivity contribution in [3.63, 3.8) is 0 Å². The lowest BCUT2D eigenvalue weighted by Crippen LogP contribution is -1.94. The summed E-state index contributed by atoms with van der Waals surface area (Å²) in [6.45, 7) is 0. The molecule has 3 aromatic heterocycles. The highest BCUT2D eigenvalue weighted by Crippen LogP contribution is 2.42. The lowest BCUT2D eigenvalue weighted by atomic mass is 9.92. The quantitative estimate of drug-likeness (QED) is 0.206. The molecule has 0 radical (unpaired) electrons. The Kier molecular flexibility index (Phi) is 4.90.